The molecule has 1 rings (SSSR count). The quantitative estimate of drug-likeness (QED) is 0.447. The lowest BCUT2D eigenvalue weighted by atomic mass is 10.3. The molecule has 0 saturated carbocycles. The van der Waals surface area contributed by atoms with E-state index in [4.69, 9.17) is 0 Å². The van der Waals surface area contributed by atoms with Gasteiger partial charge in [0, 0.05) is 12.2 Å². The summed E-state index contributed by atoms with van der Waals surface area (Å²) in [6.07, 6.45) is -4.78. The molecule has 3 amide bonds. The summed E-state index contributed by atoms with van der Waals surface area (Å²) in [6, 6.07) is 4.70. The monoisotopic (exact) mass is 391 g/mol. The van der Waals surface area contributed by atoms with Gasteiger partial charge in [-0.1, -0.05) is 0 Å². The van der Waals surface area contributed by atoms with Crippen LogP contribution >= 0.6 is 0 Å². The first-order valence-electron chi connectivity index (χ1n) is 8.09. The number of hydrogen-bond acceptors (Lipinski definition) is 4. The first-order chi connectivity index (χ1) is 12.6. The lowest BCUT2D eigenvalue weighted by Gasteiger charge is -2.14. The van der Waals surface area contributed by atoms with Gasteiger partial charge >= 0.3 is 6.36 Å². The Balaban J connectivity index is 2.38. The standard InChI is InChI=1S/C16H21F3N4O4/c1-3-20-13(24)8-21-14(25)9-23(2)10-15(26)22-11-4-6-12(7-5-11)27-16(17,18)19/h4-7H,3,8-10H2,1-2H3,(H,20,24)(H,21,25)(H,22,26)/p+1. The summed E-state index contributed by atoms with van der Waals surface area (Å²) in [7, 11) is 1.62. The predicted molar refractivity (Wildman–Crippen MR) is 90.1 cm³/mol. The van der Waals surface area contributed by atoms with Crippen molar-refractivity contribution in [1.82, 2.24) is 10.6 Å². The second kappa shape index (κ2) is 10.4. The predicted octanol–water partition coefficient (Wildman–Crippen LogP) is -0.709. The zero-order valence-corrected chi connectivity index (χ0v) is 14.9. The maximum absolute atomic E-state index is 12.1. The number of hydrogen-bond donors (Lipinski definition) is 4. The van der Waals surface area contributed by atoms with Gasteiger partial charge in [0.1, 0.15) is 5.75 Å². The molecule has 0 fully saturated rings. The van der Waals surface area contributed by atoms with Crippen LogP contribution in [0.5, 0.6) is 5.75 Å². The lowest BCUT2D eigenvalue weighted by Crippen LogP contribution is -3.11. The number of anilines is 1. The fourth-order valence-corrected chi connectivity index (χ4v) is 2.06. The van der Waals surface area contributed by atoms with E-state index in [1.54, 1.807) is 14.0 Å². The summed E-state index contributed by atoms with van der Waals surface area (Å²) in [5.74, 6) is -1.51. The third-order valence-electron chi connectivity index (χ3n) is 3.12. The minimum atomic E-state index is -4.78. The van der Waals surface area contributed by atoms with E-state index in [0.717, 1.165) is 12.1 Å². The van der Waals surface area contributed by atoms with Crippen molar-refractivity contribution in [3.05, 3.63) is 24.3 Å². The van der Waals surface area contributed by atoms with Crippen molar-refractivity contribution in [3.63, 3.8) is 0 Å². The van der Waals surface area contributed by atoms with Crippen LogP contribution in [0.2, 0.25) is 0 Å². The van der Waals surface area contributed by atoms with Gasteiger partial charge in [0.05, 0.1) is 13.6 Å². The van der Waals surface area contributed by atoms with Crippen LogP contribution in [-0.4, -0.2) is 57.3 Å². The molecular formula is C16H22F3N4O4+. The van der Waals surface area contributed by atoms with Crippen molar-refractivity contribution < 1.29 is 37.2 Å². The lowest BCUT2D eigenvalue weighted by molar-refractivity contribution is -0.862. The number of amides is 3. The fraction of sp³-hybridized carbons (Fsp3) is 0.438. The van der Waals surface area contributed by atoms with Crippen molar-refractivity contribution in [3.8, 4) is 5.75 Å². The van der Waals surface area contributed by atoms with Gasteiger partial charge in [0.25, 0.3) is 11.8 Å². The topological polar surface area (TPSA) is 101 Å². The van der Waals surface area contributed by atoms with Crippen LogP contribution in [0.4, 0.5) is 18.9 Å². The number of halogens is 3. The van der Waals surface area contributed by atoms with Gasteiger partial charge in [-0.15, -0.1) is 13.2 Å². The molecule has 0 aliphatic rings. The van der Waals surface area contributed by atoms with Crippen molar-refractivity contribution in [2.24, 2.45) is 0 Å². The highest BCUT2D eigenvalue weighted by Gasteiger charge is 2.31. The highest BCUT2D eigenvalue weighted by Crippen LogP contribution is 2.23. The van der Waals surface area contributed by atoms with Gasteiger partial charge in [0.2, 0.25) is 5.91 Å². The van der Waals surface area contributed by atoms with Crippen LogP contribution in [0.3, 0.4) is 0 Å². The van der Waals surface area contributed by atoms with Gasteiger partial charge < -0.3 is 25.6 Å². The molecule has 0 bridgehead atoms. The number of likely N-dealkylation sites (N-methyl/N-ethyl adjacent to an activating group) is 2. The van der Waals surface area contributed by atoms with Crippen LogP contribution in [0, 0.1) is 0 Å². The second-order valence-corrected chi connectivity index (χ2v) is 5.66. The summed E-state index contributed by atoms with van der Waals surface area (Å²) in [6.45, 7) is 2.01. The third kappa shape index (κ3) is 10.0. The zero-order chi connectivity index (χ0) is 20.4. The molecule has 8 nitrogen and oxygen atoms in total. The van der Waals surface area contributed by atoms with Gasteiger partial charge in [-0.2, -0.15) is 0 Å². The Kier molecular flexibility index (Phi) is 8.52. The van der Waals surface area contributed by atoms with E-state index in [-0.39, 0.29) is 31.4 Å². The Hall–Kier alpha value is -2.82. The fourth-order valence-electron chi connectivity index (χ4n) is 2.06. The Morgan fingerprint density at radius 2 is 1.59 bits per heavy atom. The molecule has 27 heavy (non-hydrogen) atoms. The van der Waals surface area contributed by atoms with Crippen LogP contribution < -0.4 is 25.6 Å². The number of carbonyl (C=O) groups is 3. The Labute approximate surface area is 154 Å². The maximum atomic E-state index is 12.1. The highest BCUT2D eigenvalue weighted by molar-refractivity contribution is 5.91. The largest absolute Gasteiger partial charge is 0.573 e. The van der Waals surface area contributed by atoms with Crippen molar-refractivity contribution >= 4 is 23.4 Å². The van der Waals surface area contributed by atoms with Crippen LogP contribution in [0.25, 0.3) is 0 Å². The van der Waals surface area contributed by atoms with Crippen LogP contribution in [-0.2, 0) is 14.4 Å². The molecule has 0 heterocycles. The number of ether oxygens (including phenoxy) is 1. The molecule has 1 aromatic rings. The zero-order valence-electron chi connectivity index (χ0n) is 14.9. The smallest absolute Gasteiger partial charge is 0.406 e. The molecule has 1 unspecified atom stereocenters. The summed E-state index contributed by atoms with van der Waals surface area (Å²) in [5, 5.41) is 7.48. The number of rotatable bonds is 9. The molecular weight excluding hydrogens is 369 g/mol. The van der Waals surface area contributed by atoms with E-state index < -0.39 is 18.0 Å². The van der Waals surface area contributed by atoms with Gasteiger partial charge in [-0.05, 0) is 31.2 Å². The Bertz CT molecular complexity index is 650. The first-order valence-corrected chi connectivity index (χ1v) is 8.09. The molecule has 11 heteroatoms. The molecule has 150 valence electrons. The highest BCUT2D eigenvalue weighted by atomic mass is 19.4. The number of carbonyl (C=O) groups excluding carboxylic acids is 3. The van der Waals surface area contributed by atoms with Crippen molar-refractivity contribution in [2.45, 2.75) is 13.3 Å². The number of nitrogens with one attached hydrogen (secondary N) is 4. The van der Waals surface area contributed by atoms with E-state index in [2.05, 4.69) is 20.7 Å². The van der Waals surface area contributed by atoms with E-state index in [9.17, 15) is 27.6 Å². The Morgan fingerprint density at radius 3 is 2.15 bits per heavy atom. The van der Waals surface area contributed by atoms with Crippen LogP contribution in [0.15, 0.2) is 24.3 Å². The summed E-state index contributed by atoms with van der Waals surface area (Å²) < 4.78 is 40.0. The minimum Gasteiger partial charge on any atom is -0.406 e. The number of benzene rings is 1. The molecule has 0 radical (unpaired) electrons. The maximum Gasteiger partial charge on any atom is 0.573 e. The SMILES string of the molecule is CCNC(=O)CNC(=O)C[NH+](C)CC(=O)Nc1ccc(OC(F)(F)F)cc1. The van der Waals surface area contributed by atoms with Crippen molar-refractivity contribution in [1.29, 1.82) is 0 Å². The van der Waals surface area contributed by atoms with E-state index in [1.165, 1.54) is 12.1 Å². The normalized spacial score (nSPS) is 12.0. The van der Waals surface area contributed by atoms with E-state index >= 15 is 0 Å². The summed E-state index contributed by atoms with van der Waals surface area (Å²) >= 11 is 0. The van der Waals surface area contributed by atoms with Gasteiger partial charge in [0.15, 0.2) is 13.1 Å². The molecule has 0 aromatic heterocycles. The minimum absolute atomic E-state index is 0.0226. The van der Waals surface area contributed by atoms with E-state index in [0.29, 0.717) is 17.1 Å². The second-order valence-electron chi connectivity index (χ2n) is 5.66. The van der Waals surface area contributed by atoms with Gasteiger partial charge in [-0.25, -0.2) is 0 Å². The molecule has 0 saturated heterocycles. The molecule has 1 atom stereocenters. The molecule has 0 spiro atoms. The molecule has 1 aromatic carbocycles. The third-order valence-corrected chi connectivity index (χ3v) is 3.12. The van der Waals surface area contributed by atoms with Crippen LogP contribution in [0.1, 0.15) is 6.92 Å². The summed E-state index contributed by atoms with van der Waals surface area (Å²) in [5.41, 5.74) is 0.294. The van der Waals surface area contributed by atoms with E-state index in [1.807, 2.05) is 0 Å². The number of quaternary nitrogens is 1. The van der Waals surface area contributed by atoms with Crippen molar-refractivity contribution in [2.75, 3.05) is 38.5 Å². The van der Waals surface area contributed by atoms with Gasteiger partial charge in [-0.3, -0.25) is 14.4 Å². The molecule has 0 aliphatic carbocycles. The number of alkyl halides is 3. The summed E-state index contributed by atoms with van der Waals surface area (Å²) in [4.78, 5) is 35.4. The average Bonchev–Trinajstić information content (AvgIpc) is 2.53. The Morgan fingerprint density at radius 1 is 1.00 bits per heavy atom. The average molecular weight is 391 g/mol. The molecule has 4 N–H and O–H groups in total. The molecule has 0 aliphatic heterocycles. The first kappa shape index (κ1) is 22.2.